The number of unbranched alkanes of at least 4 members (excludes halogenated alkanes) is 1. The molecule has 0 bridgehead atoms. The normalized spacial score (nSPS) is 16.4. The van der Waals surface area contributed by atoms with Crippen molar-refractivity contribution in [2.45, 2.75) is 84.5 Å². The minimum absolute atomic E-state index is 0.00107. The zero-order valence-corrected chi connectivity index (χ0v) is 34.3. The Hall–Kier alpha value is -5.86. The Labute approximate surface area is 342 Å². The molecule has 1 aliphatic rings. The summed E-state index contributed by atoms with van der Waals surface area (Å²) in [7, 11) is 0. The molecule has 6 N–H and O–H groups in total. The van der Waals surface area contributed by atoms with E-state index in [1.807, 2.05) is 94.7 Å². The Morgan fingerprint density at radius 1 is 0.966 bits per heavy atom. The summed E-state index contributed by atoms with van der Waals surface area (Å²) in [5.74, 6) is -0.0357. The molecular weight excluding hydrogens is 755 g/mol. The van der Waals surface area contributed by atoms with Gasteiger partial charge in [0.2, 0.25) is 17.7 Å². The van der Waals surface area contributed by atoms with Crippen LogP contribution < -0.4 is 21.1 Å². The molecule has 6 rings (SSSR count). The molecule has 5 aromatic rings. The predicted molar refractivity (Wildman–Crippen MR) is 225 cm³/mol. The van der Waals surface area contributed by atoms with Crippen LogP contribution in [-0.4, -0.2) is 79.4 Å². The molecular formula is C44H51N7O6S. The number of thiazole rings is 1. The monoisotopic (exact) mass is 805 g/mol. The first-order valence-electron chi connectivity index (χ1n) is 19.4. The summed E-state index contributed by atoms with van der Waals surface area (Å²) in [6.45, 7) is 9.82. The van der Waals surface area contributed by atoms with Crippen molar-refractivity contribution in [1.82, 2.24) is 30.7 Å². The summed E-state index contributed by atoms with van der Waals surface area (Å²) in [5, 5.41) is 35.1. The van der Waals surface area contributed by atoms with E-state index < -0.39 is 29.5 Å². The number of carbonyl (C=O) groups excluding carboxylic acids is 3. The second-order valence-corrected chi connectivity index (χ2v) is 16.6. The van der Waals surface area contributed by atoms with Crippen LogP contribution in [0.3, 0.4) is 0 Å². The summed E-state index contributed by atoms with van der Waals surface area (Å²) >= 11 is 1.58. The van der Waals surface area contributed by atoms with Crippen LogP contribution >= 0.6 is 11.3 Å². The van der Waals surface area contributed by atoms with Gasteiger partial charge in [-0.2, -0.15) is 0 Å². The maximum atomic E-state index is 14.1. The van der Waals surface area contributed by atoms with Gasteiger partial charge in [0.05, 0.1) is 40.5 Å². The molecule has 0 radical (unpaired) electrons. The van der Waals surface area contributed by atoms with E-state index in [1.54, 1.807) is 35.6 Å². The van der Waals surface area contributed by atoms with Crippen molar-refractivity contribution in [2.75, 3.05) is 18.9 Å². The van der Waals surface area contributed by atoms with E-state index in [0.717, 1.165) is 27.3 Å². The number of hydrogen-bond acceptors (Lipinski definition) is 11. The van der Waals surface area contributed by atoms with Crippen molar-refractivity contribution < 1.29 is 29.3 Å². The van der Waals surface area contributed by atoms with E-state index >= 15 is 0 Å². The highest BCUT2D eigenvalue weighted by Crippen LogP contribution is 2.33. The predicted octanol–water partition coefficient (Wildman–Crippen LogP) is 6.45. The average molecular weight is 806 g/mol. The molecule has 3 heterocycles. The van der Waals surface area contributed by atoms with Crippen LogP contribution in [0.25, 0.3) is 32.8 Å². The molecule has 1 saturated heterocycles. The number of nitrogens with one attached hydrogen (secondary N) is 2. The molecule has 58 heavy (non-hydrogen) atoms. The van der Waals surface area contributed by atoms with Crippen LogP contribution in [0.1, 0.15) is 70.7 Å². The van der Waals surface area contributed by atoms with Gasteiger partial charge in [0.1, 0.15) is 23.6 Å². The van der Waals surface area contributed by atoms with Crippen LogP contribution in [-0.2, 0) is 14.4 Å². The van der Waals surface area contributed by atoms with Gasteiger partial charge in [-0.3, -0.25) is 14.4 Å². The molecule has 304 valence electrons. The van der Waals surface area contributed by atoms with E-state index in [2.05, 4.69) is 25.8 Å². The molecule has 0 saturated carbocycles. The number of carbonyl (C=O) groups is 3. The summed E-state index contributed by atoms with van der Waals surface area (Å²) in [5.41, 5.74) is 12.8. The van der Waals surface area contributed by atoms with E-state index in [-0.39, 0.29) is 48.8 Å². The highest BCUT2D eigenvalue weighted by atomic mass is 32.1. The minimum atomic E-state index is -0.908. The van der Waals surface area contributed by atoms with Gasteiger partial charge in [0.25, 0.3) is 0 Å². The van der Waals surface area contributed by atoms with Crippen LogP contribution in [0.2, 0.25) is 0 Å². The van der Waals surface area contributed by atoms with E-state index in [0.29, 0.717) is 42.0 Å². The first-order valence-corrected chi connectivity index (χ1v) is 20.3. The number of rotatable bonds is 14. The topological polar surface area (TPSA) is 193 Å². The Morgan fingerprint density at radius 2 is 1.67 bits per heavy atom. The molecule has 2 aromatic heterocycles. The second-order valence-electron chi connectivity index (χ2n) is 15.8. The SMILES string of the molecule is Cc1ncsc1-c1ccc([C@H](C)NC(=O)[C@@H]2C[C@@H](O)CN2C(=O)[C@@H](NC(=O)CCCCOc2ccc(-c3cc(-c4ccccc4O)nnc3N)cc2)C(C)(C)C)cc1. The molecule has 1 aliphatic heterocycles. The zero-order chi connectivity index (χ0) is 41.6. The number of amides is 3. The Balaban J connectivity index is 0.987. The van der Waals surface area contributed by atoms with Crippen molar-refractivity contribution in [1.29, 1.82) is 0 Å². The minimum Gasteiger partial charge on any atom is -0.507 e. The number of nitrogen functional groups attached to an aromatic ring is 1. The summed E-state index contributed by atoms with van der Waals surface area (Å²) in [6, 6.07) is 21.9. The van der Waals surface area contributed by atoms with Gasteiger partial charge in [-0.25, -0.2) is 4.98 Å². The molecule has 0 spiro atoms. The number of aryl methyl sites for hydroxylation is 1. The molecule has 13 nitrogen and oxygen atoms in total. The third-order valence-electron chi connectivity index (χ3n) is 10.3. The molecule has 14 heteroatoms. The number of aliphatic hydroxyl groups excluding tert-OH is 1. The molecule has 4 atom stereocenters. The zero-order valence-electron chi connectivity index (χ0n) is 33.4. The molecule has 0 unspecified atom stereocenters. The van der Waals surface area contributed by atoms with E-state index in [9.17, 15) is 24.6 Å². The second kappa shape index (κ2) is 18.2. The van der Waals surface area contributed by atoms with Crippen molar-refractivity contribution in [3.05, 3.63) is 95.6 Å². The summed E-state index contributed by atoms with van der Waals surface area (Å²) in [4.78, 5) is 47.7. The number of aromatic nitrogens is 3. The number of anilines is 1. The first-order chi connectivity index (χ1) is 27.7. The third kappa shape index (κ3) is 9.98. The number of benzene rings is 3. The van der Waals surface area contributed by atoms with Crippen LogP contribution in [0.4, 0.5) is 5.82 Å². The lowest BCUT2D eigenvalue weighted by Crippen LogP contribution is -2.57. The van der Waals surface area contributed by atoms with E-state index in [4.69, 9.17) is 10.5 Å². The molecule has 3 amide bonds. The van der Waals surface area contributed by atoms with Gasteiger partial charge >= 0.3 is 0 Å². The number of β-amino-alcohol motifs (C(OH)–C–C–N with tert-alkyl or cyclic N) is 1. The third-order valence-corrected chi connectivity index (χ3v) is 11.3. The van der Waals surface area contributed by atoms with Crippen LogP contribution in [0, 0.1) is 12.3 Å². The van der Waals surface area contributed by atoms with Crippen molar-refractivity contribution in [3.8, 4) is 44.3 Å². The number of hydrogen-bond donors (Lipinski definition) is 5. The van der Waals surface area contributed by atoms with Crippen molar-refractivity contribution in [3.63, 3.8) is 0 Å². The van der Waals surface area contributed by atoms with E-state index in [1.165, 1.54) is 4.90 Å². The highest BCUT2D eigenvalue weighted by molar-refractivity contribution is 7.13. The van der Waals surface area contributed by atoms with Gasteiger partial charge in [-0.05, 0) is 79.1 Å². The van der Waals surface area contributed by atoms with Gasteiger partial charge in [0.15, 0.2) is 5.82 Å². The number of ether oxygens (including phenoxy) is 1. The van der Waals surface area contributed by atoms with Crippen molar-refractivity contribution >= 4 is 34.9 Å². The van der Waals surface area contributed by atoms with Gasteiger partial charge < -0.3 is 36.2 Å². The van der Waals surface area contributed by atoms with Gasteiger partial charge in [-0.1, -0.05) is 69.3 Å². The summed E-state index contributed by atoms with van der Waals surface area (Å²) < 4.78 is 5.94. The lowest BCUT2D eigenvalue weighted by Gasteiger charge is -2.35. The smallest absolute Gasteiger partial charge is 0.246 e. The number of nitrogens with zero attached hydrogens (tertiary/aromatic N) is 4. The fraction of sp³-hybridized carbons (Fsp3) is 0.364. The number of phenols is 1. The number of nitrogens with two attached hydrogens (primary N) is 1. The average Bonchev–Trinajstić information content (AvgIpc) is 3.82. The van der Waals surface area contributed by atoms with Crippen molar-refractivity contribution in [2.24, 2.45) is 5.41 Å². The van der Waals surface area contributed by atoms with Gasteiger partial charge in [-0.15, -0.1) is 21.5 Å². The Kier molecular flexibility index (Phi) is 13.1. The largest absolute Gasteiger partial charge is 0.507 e. The molecule has 0 aliphatic carbocycles. The van der Waals surface area contributed by atoms with Gasteiger partial charge in [0, 0.05) is 30.5 Å². The number of aromatic hydroxyl groups is 1. The summed E-state index contributed by atoms with van der Waals surface area (Å²) in [6.07, 6.45) is 0.552. The fourth-order valence-corrected chi connectivity index (χ4v) is 7.82. The maximum Gasteiger partial charge on any atom is 0.246 e. The Bertz CT molecular complexity index is 2220. The lowest BCUT2D eigenvalue weighted by atomic mass is 9.85. The number of phenolic OH excluding ortho intramolecular Hbond substituents is 1. The van der Waals surface area contributed by atoms with Crippen LogP contribution in [0.5, 0.6) is 11.5 Å². The Morgan fingerprint density at radius 3 is 2.34 bits per heavy atom. The number of aliphatic hydroxyl groups is 1. The van der Waals surface area contributed by atoms with Crippen LogP contribution in [0.15, 0.2) is 84.4 Å². The standard InChI is InChI=1S/C44H51N7O6S/c1-26(28-13-15-30(16-14-28)39-27(2)46-25-58-39)47-42(55)36-22-31(52)24-51(36)43(56)40(44(3,4)5)48-38(54)12-8-9-21-57-32-19-17-29(18-20-32)34-23-35(49-50-41(34)45)33-10-6-7-11-37(33)53/h6-7,10-11,13-20,23,25-26,31,36,40,52-53H,8-9,12,21-22,24H2,1-5H3,(H2,45,50)(H,47,55)(H,48,54)/t26-,31+,36-,40+/m0/s1. The quantitative estimate of drug-likeness (QED) is 0.0780. The highest BCUT2D eigenvalue weighted by Gasteiger charge is 2.44. The number of para-hydroxylation sites is 1. The first kappa shape index (κ1) is 41.8. The lowest BCUT2D eigenvalue weighted by molar-refractivity contribution is -0.144. The fourth-order valence-electron chi connectivity index (χ4n) is 7.01. The molecule has 3 aromatic carbocycles. The maximum absolute atomic E-state index is 14.1. The number of likely N-dealkylation sites (tertiary alicyclic amines) is 1. The molecule has 1 fully saturated rings.